The lowest BCUT2D eigenvalue weighted by Gasteiger charge is -2.60. The molecular weight excluding hydrogens is 176 g/mol. The van der Waals surface area contributed by atoms with E-state index >= 15 is 0 Å². The van der Waals surface area contributed by atoms with E-state index in [9.17, 15) is 4.79 Å². The summed E-state index contributed by atoms with van der Waals surface area (Å²) >= 11 is 0. The van der Waals surface area contributed by atoms with Gasteiger partial charge in [0.25, 0.3) is 0 Å². The minimum Gasteiger partial charge on any atom is -0.334 e. The Balaban J connectivity index is 1.90. The van der Waals surface area contributed by atoms with Crippen LogP contribution in [0.3, 0.4) is 0 Å². The molecule has 0 aromatic carbocycles. The molecule has 14 heavy (non-hydrogen) atoms. The van der Waals surface area contributed by atoms with Gasteiger partial charge in [0.15, 0.2) is 0 Å². The van der Waals surface area contributed by atoms with Crippen LogP contribution in [0.1, 0.15) is 39.0 Å². The first-order valence-electron chi connectivity index (χ1n) is 5.88. The van der Waals surface area contributed by atoms with E-state index in [-0.39, 0.29) is 0 Å². The van der Waals surface area contributed by atoms with Crippen molar-refractivity contribution in [1.82, 2.24) is 10.2 Å². The molecule has 3 heteroatoms. The topological polar surface area (TPSA) is 32.3 Å². The lowest BCUT2D eigenvalue weighted by Crippen LogP contribution is -2.75. The standard InChI is InChI=1S/C11H18N2O/c1-2-11(14)13-9-5-3-7-10(13)6-4-8(9)12-7/h7-10,12H,2-6H2,1H3/t7-,8-,9-,10-/m0/s1. The van der Waals surface area contributed by atoms with Gasteiger partial charge in [-0.05, 0) is 25.7 Å². The summed E-state index contributed by atoms with van der Waals surface area (Å²) in [6.45, 7) is 1.98. The molecule has 5 fully saturated rings. The molecule has 5 rings (SSSR count). The van der Waals surface area contributed by atoms with Crippen LogP contribution in [-0.4, -0.2) is 35.0 Å². The highest BCUT2D eigenvalue weighted by Crippen LogP contribution is 2.40. The van der Waals surface area contributed by atoms with Crippen molar-refractivity contribution in [2.24, 2.45) is 0 Å². The van der Waals surface area contributed by atoms with Gasteiger partial charge >= 0.3 is 0 Å². The molecule has 1 amide bonds. The molecule has 78 valence electrons. The molecule has 4 atom stereocenters. The fourth-order valence-electron chi connectivity index (χ4n) is 3.62. The average molecular weight is 194 g/mol. The summed E-state index contributed by atoms with van der Waals surface area (Å²) < 4.78 is 0. The van der Waals surface area contributed by atoms with Crippen LogP contribution in [0.15, 0.2) is 0 Å². The second kappa shape index (κ2) is 2.96. The van der Waals surface area contributed by atoms with Crippen LogP contribution in [0.2, 0.25) is 0 Å². The molecule has 0 radical (unpaired) electrons. The Labute approximate surface area is 84.8 Å². The van der Waals surface area contributed by atoms with Crippen LogP contribution in [-0.2, 0) is 4.79 Å². The zero-order valence-electron chi connectivity index (χ0n) is 8.70. The molecule has 5 heterocycles. The fraction of sp³-hybridized carbons (Fsp3) is 0.909. The Bertz CT molecular complexity index is 248. The van der Waals surface area contributed by atoms with E-state index in [0.717, 1.165) is 0 Å². The van der Waals surface area contributed by atoms with E-state index in [4.69, 9.17) is 0 Å². The van der Waals surface area contributed by atoms with Crippen molar-refractivity contribution in [3.8, 4) is 0 Å². The second-order valence-corrected chi connectivity index (χ2v) is 4.82. The number of carbonyl (C=O) groups excluding carboxylic acids is 1. The number of nitrogens with zero attached hydrogens (tertiary/aromatic N) is 1. The second-order valence-electron chi connectivity index (χ2n) is 4.82. The summed E-state index contributed by atoms with van der Waals surface area (Å²) in [7, 11) is 0. The van der Waals surface area contributed by atoms with Gasteiger partial charge in [-0.15, -0.1) is 0 Å². The van der Waals surface area contributed by atoms with Crippen molar-refractivity contribution in [2.75, 3.05) is 0 Å². The molecule has 3 nitrogen and oxygen atoms in total. The number of piperidine rings is 4. The monoisotopic (exact) mass is 194 g/mol. The Morgan fingerprint density at radius 3 is 2.29 bits per heavy atom. The molecule has 0 aromatic rings. The van der Waals surface area contributed by atoms with Crippen LogP contribution in [0.5, 0.6) is 0 Å². The van der Waals surface area contributed by atoms with Crippen molar-refractivity contribution < 1.29 is 4.79 Å². The van der Waals surface area contributed by atoms with Gasteiger partial charge in [-0.1, -0.05) is 6.92 Å². The van der Waals surface area contributed by atoms with Crippen LogP contribution in [0.4, 0.5) is 0 Å². The molecule has 0 aliphatic carbocycles. The van der Waals surface area contributed by atoms with Crippen molar-refractivity contribution in [3.05, 3.63) is 0 Å². The number of nitrogens with one attached hydrogen (secondary N) is 1. The summed E-state index contributed by atoms with van der Waals surface area (Å²) in [5.74, 6) is 0.371. The first-order chi connectivity index (χ1) is 6.81. The first kappa shape index (κ1) is 8.72. The molecule has 0 saturated carbocycles. The van der Waals surface area contributed by atoms with Gasteiger partial charge in [-0.2, -0.15) is 0 Å². The van der Waals surface area contributed by atoms with Crippen LogP contribution >= 0.6 is 0 Å². The maximum atomic E-state index is 11.8. The Kier molecular flexibility index (Phi) is 1.84. The number of hydrogen-bond donors (Lipinski definition) is 1. The minimum atomic E-state index is 0.371. The van der Waals surface area contributed by atoms with Gasteiger partial charge in [-0.3, -0.25) is 4.79 Å². The third-order valence-electron chi connectivity index (χ3n) is 4.21. The molecule has 1 N–H and O–H groups in total. The lowest BCUT2D eigenvalue weighted by atomic mass is 9.73. The smallest absolute Gasteiger partial charge is 0.222 e. The van der Waals surface area contributed by atoms with Crippen LogP contribution < -0.4 is 5.32 Å². The number of hydrogen-bond acceptors (Lipinski definition) is 2. The van der Waals surface area contributed by atoms with Gasteiger partial charge in [0.1, 0.15) is 0 Å². The summed E-state index contributed by atoms with van der Waals surface area (Å²) in [6.07, 6.45) is 5.68. The van der Waals surface area contributed by atoms with Crippen molar-refractivity contribution in [3.63, 3.8) is 0 Å². The largest absolute Gasteiger partial charge is 0.334 e. The summed E-state index contributed by atoms with van der Waals surface area (Å²) in [5.41, 5.74) is 0. The van der Waals surface area contributed by atoms with Gasteiger partial charge in [0.05, 0.1) is 0 Å². The number of amides is 1. The van der Waals surface area contributed by atoms with Crippen molar-refractivity contribution in [2.45, 2.75) is 63.2 Å². The Morgan fingerprint density at radius 2 is 1.79 bits per heavy atom. The minimum absolute atomic E-state index is 0.371. The summed E-state index contributed by atoms with van der Waals surface area (Å²) in [6, 6.07) is 2.25. The third kappa shape index (κ3) is 0.991. The highest BCUT2D eigenvalue weighted by atomic mass is 16.2. The van der Waals surface area contributed by atoms with Crippen LogP contribution in [0, 0.1) is 0 Å². The van der Waals surface area contributed by atoms with Gasteiger partial charge in [-0.25, -0.2) is 0 Å². The summed E-state index contributed by atoms with van der Waals surface area (Å²) in [5, 5.41) is 3.67. The van der Waals surface area contributed by atoms with Crippen LogP contribution in [0.25, 0.3) is 0 Å². The highest BCUT2D eigenvalue weighted by Gasteiger charge is 2.51. The van der Waals surface area contributed by atoms with E-state index in [0.29, 0.717) is 36.5 Å². The quantitative estimate of drug-likeness (QED) is 0.672. The van der Waals surface area contributed by atoms with Gasteiger partial charge in [0.2, 0.25) is 5.91 Å². The predicted octanol–water partition coefficient (Wildman–Crippen LogP) is 0.890. The van der Waals surface area contributed by atoms with Crippen molar-refractivity contribution in [1.29, 1.82) is 0 Å². The molecule has 5 aliphatic heterocycles. The molecule has 5 saturated heterocycles. The number of piperazine rings is 1. The highest BCUT2D eigenvalue weighted by molar-refractivity contribution is 5.77. The predicted molar refractivity (Wildman–Crippen MR) is 53.9 cm³/mol. The molecule has 0 spiro atoms. The molecule has 0 unspecified atom stereocenters. The van der Waals surface area contributed by atoms with E-state index in [2.05, 4.69) is 10.2 Å². The normalized spacial score (nSPS) is 44.5. The summed E-state index contributed by atoms with van der Waals surface area (Å²) in [4.78, 5) is 14.1. The number of rotatable bonds is 1. The van der Waals surface area contributed by atoms with E-state index in [1.807, 2.05) is 6.92 Å². The first-order valence-corrected chi connectivity index (χ1v) is 5.88. The van der Waals surface area contributed by atoms with Gasteiger partial charge in [0, 0.05) is 30.6 Å². The van der Waals surface area contributed by atoms with E-state index in [1.54, 1.807) is 0 Å². The number of fused-ring (bicyclic) bond motifs is 2. The van der Waals surface area contributed by atoms with E-state index < -0.39 is 0 Å². The number of carbonyl (C=O) groups is 1. The van der Waals surface area contributed by atoms with E-state index in [1.165, 1.54) is 25.7 Å². The zero-order chi connectivity index (χ0) is 9.71. The average Bonchev–Trinajstić information content (AvgIpc) is 2.27. The molecule has 4 bridgehead atoms. The maximum absolute atomic E-state index is 11.8. The molecular formula is C11H18N2O. The Morgan fingerprint density at radius 1 is 1.21 bits per heavy atom. The molecule has 5 aliphatic rings. The maximum Gasteiger partial charge on any atom is 0.222 e. The van der Waals surface area contributed by atoms with Gasteiger partial charge < -0.3 is 10.2 Å². The fourth-order valence-corrected chi connectivity index (χ4v) is 3.62. The Hall–Kier alpha value is -0.570. The lowest BCUT2D eigenvalue weighted by molar-refractivity contribution is -0.149. The third-order valence-corrected chi connectivity index (χ3v) is 4.21. The SMILES string of the molecule is CCC(=O)N1[C@H]2CC[C@@H]3N[C@H]2CC[C@@H]31. The van der Waals surface area contributed by atoms with Crippen molar-refractivity contribution >= 4 is 5.91 Å². The molecule has 0 aromatic heterocycles. The zero-order valence-corrected chi connectivity index (χ0v) is 8.70.